The molecule has 0 atom stereocenters. The topological polar surface area (TPSA) is 64.6 Å². The van der Waals surface area contributed by atoms with E-state index in [1.165, 1.54) is 5.56 Å². The Balaban J connectivity index is 1.35. The second-order valence-corrected chi connectivity index (χ2v) is 6.48. The lowest BCUT2D eigenvalue weighted by molar-refractivity contribution is 0.192. The van der Waals surface area contributed by atoms with Crippen molar-refractivity contribution in [2.45, 2.75) is 6.54 Å². The fourth-order valence-corrected chi connectivity index (χ4v) is 3.00. The predicted octanol–water partition coefficient (Wildman–Crippen LogP) is 1.44. The maximum absolute atomic E-state index is 12.3. The molecule has 1 fully saturated rings. The van der Waals surface area contributed by atoms with Crippen molar-refractivity contribution in [3.8, 4) is 0 Å². The minimum atomic E-state index is 0.00624. The van der Waals surface area contributed by atoms with Crippen molar-refractivity contribution in [2.24, 2.45) is 0 Å². The number of piperazine rings is 1. The highest BCUT2D eigenvalue weighted by Crippen LogP contribution is 2.09. The summed E-state index contributed by atoms with van der Waals surface area (Å²) < 4.78 is 0. The normalized spacial score (nSPS) is 14.5. The van der Waals surface area contributed by atoms with Gasteiger partial charge in [0.25, 0.3) is 0 Å². The summed E-state index contributed by atoms with van der Waals surface area (Å²) in [5, 5.41) is 3.02. The van der Waals surface area contributed by atoms with Gasteiger partial charge in [-0.15, -0.1) is 0 Å². The van der Waals surface area contributed by atoms with Crippen LogP contribution in [0.3, 0.4) is 0 Å². The number of nitrogens with zero attached hydrogens (tertiary/aromatic N) is 5. The highest BCUT2D eigenvalue weighted by atomic mass is 16.2. The van der Waals surface area contributed by atoms with E-state index >= 15 is 0 Å². The molecule has 1 aromatic carbocycles. The lowest BCUT2D eigenvalue weighted by atomic mass is 10.2. The summed E-state index contributed by atoms with van der Waals surface area (Å²) >= 11 is 0. The zero-order valence-electron chi connectivity index (χ0n) is 15.2. The molecule has 2 amide bonds. The molecule has 0 radical (unpaired) electrons. The quantitative estimate of drug-likeness (QED) is 0.850. The van der Waals surface area contributed by atoms with E-state index in [0.29, 0.717) is 19.6 Å². The largest absolute Gasteiger partial charge is 0.337 e. The molecule has 2 aromatic rings. The summed E-state index contributed by atoms with van der Waals surface area (Å²) in [6, 6.07) is 12.2. The smallest absolute Gasteiger partial charge is 0.317 e. The summed E-state index contributed by atoms with van der Waals surface area (Å²) in [4.78, 5) is 27.0. The van der Waals surface area contributed by atoms with Gasteiger partial charge in [0.15, 0.2) is 0 Å². The van der Waals surface area contributed by atoms with Gasteiger partial charge in [-0.05, 0) is 18.7 Å². The molecule has 0 saturated carbocycles. The van der Waals surface area contributed by atoms with Crippen LogP contribution in [0.1, 0.15) is 5.56 Å². The molecule has 1 aliphatic rings. The monoisotopic (exact) mass is 354 g/mol. The first-order valence-corrected chi connectivity index (χ1v) is 8.99. The zero-order valence-corrected chi connectivity index (χ0v) is 15.2. The Morgan fingerprint density at radius 1 is 1.08 bits per heavy atom. The molecule has 1 N–H and O–H groups in total. The van der Waals surface area contributed by atoms with Crippen LogP contribution in [-0.4, -0.2) is 72.1 Å². The zero-order chi connectivity index (χ0) is 18.2. The van der Waals surface area contributed by atoms with Gasteiger partial charge in [0, 0.05) is 58.2 Å². The van der Waals surface area contributed by atoms with E-state index in [0.717, 1.165) is 32.1 Å². The molecule has 138 valence electrons. The Kier molecular flexibility index (Phi) is 6.38. The van der Waals surface area contributed by atoms with Gasteiger partial charge in [0.1, 0.15) is 0 Å². The highest BCUT2D eigenvalue weighted by Gasteiger charge is 2.22. The van der Waals surface area contributed by atoms with Gasteiger partial charge in [-0.1, -0.05) is 30.3 Å². The second-order valence-electron chi connectivity index (χ2n) is 6.48. The number of likely N-dealkylation sites (N-methyl/N-ethyl adjacent to an activating group) is 1. The average Bonchev–Trinajstić information content (AvgIpc) is 2.69. The number of rotatable bonds is 6. The SMILES string of the molecule is CN(CCNC(=O)N1CCN(c2ncccn2)CC1)Cc1ccccc1. The van der Waals surface area contributed by atoms with Crippen molar-refractivity contribution in [3.05, 3.63) is 54.4 Å². The van der Waals surface area contributed by atoms with E-state index in [1.54, 1.807) is 12.4 Å². The van der Waals surface area contributed by atoms with Crippen LogP contribution < -0.4 is 10.2 Å². The van der Waals surface area contributed by atoms with Crippen LogP contribution in [-0.2, 0) is 6.54 Å². The number of amides is 2. The van der Waals surface area contributed by atoms with Crippen LogP contribution in [0.2, 0.25) is 0 Å². The Bertz CT molecular complexity index is 673. The average molecular weight is 354 g/mol. The van der Waals surface area contributed by atoms with Crippen molar-refractivity contribution < 1.29 is 4.79 Å². The molecular weight excluding hydrogens is 328 g/mol. The second kappa shape index (κ2) is 9.15. The molecule has 3 rings (SSSR count). The molecule has 0 aliphatic carbocycles. The van der Waals surface area contributed by atoms with E-state index in [4.69, 9.17) is 0 Å². The van der Waals surface area contributed by atoms with Crippen molar-refractivity contribution >= 4 is 12.0 Å². The third-order valence-corrected chi connectivity index (χ3v) is 4.47. The van der Waals surface area contributed by atoms with Crippen molar-refractivity contribution in [3.63, 3.8) is 0 Å². The molecule has 0 unspecified atom stereocenters. The van der Waals surface area contributed by atoms with E-state index in [1.807, 2.05) is 29.2 Å². The van der Waals surface area contributed by atoms with E-state index in [-0.39, 0.29) is 6.03 Å². The van der Waals surface area contributed by atoms with Crippen molar-refractivity contribution in [1.82, 2.24) is 25.1 Å². The lowest BCUT2D eigenvalue weighted by Gasteiger charge is -2.34. The summed E-state index contributed by atoms with van der Waals surface area (Å²) in [6.07, 6.45) is 3.49. The molecule has 26 heavy (non-hydrogen) atoms. The Morgan fingerprint density at radius 2 is 1.77 bits per heavy atom. The Labute approximate surface area is 154 Å². The first kappa shape index (κ1) is 18.1. The summed E-state index contributed by atoms with van der Waals surface area (Å²) in [6.45, 7) is 5.22. The van der Waals surface area contributed by atoms with Crippen LogP contribution in [0.4, 0.5) is 10.7 Å². The number of anilines is 1. The number of hydrogen-bond acceptors (Lipinski definition) is 5. The van der Waals surface area contributed by atoms with E-state index in [9.17, 15) is 4.79 Å². The first-order valence-electron chi connectivity index (χ1n) is 8.99. The Morgan fingerprint density at radius 3 is 2.46 bits per heavy atom. The van der Waals surface area contributed by atoms with Gasteiger partial charge >= 0.3 is 6.03 Å². The third kappa shape index (κ3) is 5.16. The van der Waals surface area contributed by atoms with Gasteiger partial charge in [-0.2, -0.15) is 0 Å². The fraction of sp³-hybridized carbons (Fsp3) is 0.421. The molecule has 1 aromatic heterocycles. The van der Waals surface area contributed by atoms with Crippen LogP contribution in [0.25, 0.3) is 0 Å². The highest BCUT2D eigenvalue weighted by molar-refractivity contribution is 5.74. The van der Waals surface area contributed by atoms with Crippen molar-refractivity contribution in [1.29, 1.82) is 0 Å². The number of hydrogen-bond donors (Lipinski definition) is 1. The number of urea groups is 1. The van der Waals surface area contributed by atoms with Crippen LogP contribution in [0, 0.1) is 0 Å². The van der Waals surface area contributed by atoms with Crippen molar-refractivity contribution in [2.75, 3.05) is 51.2 Å². The minimum absolute atomic E-state index is 0.00624. The van der Waals surface area contributed by atoms with Crippen LogP contribution in [0.5, 0.6) is 0 Å². The molecule has 1 saturated heterocycles. The van der Waals surface area contributed by atoms with Crippen LogP contribution in [0.15, 0.2) is 48.8 Å². The summed E-state index contributed by atoms with van der Waals surface area (Å²) in [5.41, 5.74) is 1.28. The molecule has 1 aliphatic heterocycles. The molecule has 2 heterocycles. The number of nitrogens with one attached hydrogen (secondary N) is 1. The number of benzene rings is 1. The Hall–Kier alpha value is -2.67. The van der Waals surface area contributed by atoms with Crippen LogP contribution >= 0.6 is 0 Å². The molecule has 0 spiro atoms. The van der Waals surface area contributed by atoms with Gasteiger partial charge in [0.2, 0.25) is 5.95 Å². The molecule has 7 nitrogen and oxygen atoms in total. The number of aromatic nitrogens is 2. The maximum Gasteiger partial charge on any atom is 0.317 e. The van der Waals surface area contributed by atoms with E-state index in [2.05, 4.69) is 44.3 Å². The standard InChI is InChI=1S/C19H26N6O/c1-23(16-17-6-3-2-4-7-17)11-10-22-19(26)25-14-12-24(13-15-25)18-20-8-5-9-21-18/h2-9H,10-16H2,1H3,(H,22,26). The van der Waals surface area contributed by atoms with Gasteiger partial charge in [-0.25, -0.2) is 14.8 Å². The van der Waals surface area contributed by atoms with Gasteiger partial charge in [-0.3, -0.25) is 0 Å². The summed E-state index contributed by atoms with van der Waals surface area (Å²) in [7, 11) is 2.07. The third-order valence-electron chi connectivity index (χ3n) is 4.47. The molecular formula is C19H26N6O. The number of carbonyl (C=O) groups excluding carboxylic acids is 1. The lowest BCUT2D eigenvalue weighted by Crippen LogP contribution is -2.52. The van der Waals surface area contributed by atoms with Gasteiger partial charge < -0.3 is 20.0 Å². The fourth-order valence-electron chi connectivity index (χ4n) is 3.00. The molecule has 0 bridgehead atoms. The first-order chi connectivity index (χ1) is 12.7. The maximum atomic E-state index is 12.3. The predicted molar refractivity (Wildman–Crippen MR) is 102 cm³/mol. The minimum Gasteiger partial charge on any atom is -0.337 e. The van der Waals surface area contributed by atoms with E-state index < -0.39 is 0 Å². The number of carbonyl (C=O) groups is 1. The van der Waals surface area contributed by atoms with Gasteiger partial charge in [0.05, 0.1) is 0 Å². The summed E-state index contributed by atoms with van der Waals surface area (Å²) in [5.74, 6) is 0.732. The molecule has 7 heteroatoms.